The monoisotopic (exact) mass is 296 g/mol. The van der Waals surface area contributed by atoms with Crippen LogP contribution in [0.15, 0.2) is 0 Å². The second kappa shape index (κ2) is 7.13. The second-order valence-corrected chi connectivity index (χ2v) is 6.46. The van der Waals surface area contributed by atoms with Gasteiger partial charge in [0.2, 0.25) is 0 Å². The molecule has 2 heterocycles. The van der Waals surface area contributed by atoms with E-state index in [0.29, 0.717) is 17.5 Å². The van der Waals surface area contributed by atoms with Gasteiger partial charge in [0.05, 0.1) is 5.69 Å². The molecule has 0 radical (unpaired) electrons. The Balaban J connectivity index is 1.83. The summed E-state index contributed by atoms with van der Waals surface area (Å²) in [4.78, 5) is 15.3. The maximum absolute atomic E-state index is 12.1. The number of nitrogens with one attached hydrogen (secondary N) is 1. The van der Waals surface area contributed by atoms with Crippen molar-refractivity contribution in [1.82, 2.24) is 19.8 Å². The molecule has 20 heavy (non-hydrogen) atoms. The van der Waals surface area contributed by atoms with E-state index in [1.807, 2.05) is 6.92 Å². The lowest BCUT2D eigenvalue weighted by Gasteiger charge is -2.35. The van der Waals surface area contributed by atoms with Crippen molar-refractivity contribution in [3.8, 4) is 0 Å². The van der Waals surface area contributed by atoms with Crippen LogP contribution in [-0.2, 0) is 6.42 Å². The van der Waals surface area contributed by atoms with E-state index in [1.165, 1.54) is 24.4 Å². The van der Waals surface area contributed by atoms with Crippen LogP contribution in [0, 0.1) is 5.92 Å². The number of likely N-dealkylation sites (tertiary alicyclic amines) is 1. The first kappa shape index (κ1) is 15.4. The van der Waals surface area contributed by atoms with Gasteiger partial charge in [0, 0.05) is 19.1 Å². The Bertz CT molecular complexity index is 448. The lowest BCUT2D eigenvalue weighted by Crippen LogP contribution is -2.46. The summed E-state index contributed by atoms with van der Waals surface area (Å²) >= 11 is 1.18. The molecule has 1 aliphatic heterocycles. The molecule has 1 amide bonds. The summed E-state index contributed by atoms with van der Waals surface area (Å²) in [5.41, 5.74) is 0.798. The van der Waals surface area contributed by atoms with Gasteiger partial charge in [-0.1, -0.05) is 18.3 Å². The summed E-state index contributed by atoms with van der Waals surface area (Å²) < 4.78 is 3.86. The smallest absolute Gasteiger partial charge is 0.265 e. The van der Waals surface area contributed by atoms with E-state index >= 15 is 0 Å². The van der Waals surface area contributed by atoms with Crippen molar-refractivity contribution in [2.45, 2.75) is 46.1 Å². The molecule has 0 spiro atoms. The minimum absolute atomic E-state index is 0.0336. The number of rotatable bonds is 5. The molecule has 0 saturated carbocycles. The molecule has 6 heteroatoms. The van der Waals surface area contributed by atoms with Gasteiger partial charge >= 0.3 is 0 Å². The number of piperidine rings is 1. The van der Waals surface area contributed by atoms with Crippen LogP contribution in [-0.4, -0.2) is 46.1 Å². The minimum atomic E-state index is -0.0336. The molecule has 1 N–H and O–H groups in total. The van der Waals surface area contributed by atoms with Gasteiger partial charge in [-0.05, 0) is 50.2 Å². The van der Waals surface area contributed by atoms with E-state index in [-0.39, 0.29) is 5.91 Å². The zero-order valence-corrected chi connectivity index (χ0v) is 13.4. The molecule has 2 atom stereocenters. The molecule has 0 aromatic carbocycles. The fraction of sp³-hybridized carbons (Fsp3) is 0.786. The molecular formula is C14H24N4OS. The van der Waals surface area contributed by atoms with Gasteiger partial charge in [0.1, 0.15) is 4.88 Å². The summed E-state index contributed by atoms with van der Waals surface area (Å²) in [5, 5.41) is 7.00. The second-order valence-electron chi connectivity index (χ2n) is 5.70. The Morgan fingerprint density at radius 2 is 2.40 bits per heavy atom. The Morgan fingerprint density at radius 3 is 3.10 bits per heavy atom. The molecule has 2 unspecified atom stereocenters. The number of amides is 1. The predicted molar refractivity (Wildman–Crippen MR) is 81.1 cm³/mol. The van der Waals surface area contributed by atoms with Gasteiger partial charge in [0.15, 0.2) is 0 Å². The zero-order chi connectivity index (χ0) is 14.5. The van der Waals surface area contributed by atoms with Crippen LogP contribution in [0.4, 0.5) is 0 Å². The topological polar surface area (TPSA) is 58.1 Å². The SMILES string of the molecule is CCc1nnsc1C(=O)NCC(C)N1CCCC(C)C1. The molecule has 5 nitrogen and oxygen atoms in total. The summed E-state index contributed by atoms with van der Waals surface area (Å²) in [7, 11) is 0. The van der Waals surface area contributed by atoms with Gasteiger partial charge in [-0.2, -0.15) is 0 Å². The summed E-state index contributed by atoms with van der Waals surface area (Å²) in [6.07, 6.45) is 3.33. The first-order valence-corrected chi connectivity index (χ1v) is 8.22. The number of aryl methyl sites for hydroxylation is 1. The molecule has 0 aliphatic carbocycles. The number of aromatic nitrogens is 2. The van der Waals surface area contributed by atoms with Crippen LogP contribution in [0.1, 0.15) is 49.0 Å². The van der Waals surface area contributed by atoms with Crippen LogP contribution >= 0.6 is 11.5 Å². The normalized spacial score (nSPS) is 21.6. The number of carbonyl (C=O) groups excluding carboxylic acids is 1. The molecule has 1 aromatic heterocycles. The van der Waals surface area contributed by atoms with Gasteiger partial charge in [-0.25, -0.2) is 0 Å². The highest BCUT2D eigenvalue weighted by atomic mass is 32.1. The Labute approximate surface area is 124 Å². The van der Waals surface area contributed by atoms with Gasteiger partial charge in [0.25, 0.3) is 5.91 Å². The predicted octanol–water partition coefficient (Wildman–Crippen LogP) is 1.95. The van der Waals surface area contributed by atoms with Crippen molar-refractivity contribution in [1.29, 1.82) is 0 Å². The molecule has 1 aliphatic rings. The van der Waals surface area contributed by atoms with Crippen molar-refractivity contribution < 1.29 is 4.79 Å². The highest BCUT2D eigenvalue weighted by Gasteiger charge is 2.22. The van der Waals surface area contributed by atoms with Crippen molar-refractivity contribution in [3.05, 3.63) is 10.6 Å². The third-order valence-electron chi connectivity index (χ3n) is 3.97. The van der Waals surface area contributed by atoms with Crippen molar-refractivity contribution in [2.75, 3.05) is 19.6 Å². The van der Waals surface area contributed by atoms with Crippen LogP contribution in [0.5, 0.6) is 0 Å². The largest absolute Gasteiger partial charge is 0.350 e. The third-order valence-corrected chi connectivity index (χ3v) is 4.73. The molecule has 1 saturated heterocycles. The lowest BCUT2D eigenvalue weighted by molar-refractivity contribution is 0.0920. The van der Waals surface area contributed by atoms with Crippen LogP contribution in [0.25, 0.3) is 0 Å². The summed E-state index contributed by atoms with van der Waals surface area (Å²) in [6.45, 7) is 9.44. The maximum Gasteiger partial charge on any atom is 0.265 e. The first-order chi connectivity index (χ1) is 9.61. The number of hydrogen-bond acceptors (Lipinski definition) is 5. The average molecular weight is 296 g/mol. The average Bonchev–Trinajstić information content (AvgIpc) is 2.92. The summed E-state index contributed by atoms with van der Waals surface area (Å²) in [5.74, 6) is 0.730. The maximum atomic E-state index is 12.1. The van der Waals surface area contributed by atoms with E-state index in [1.54, 1.807) is 0 Å². The standard InChI is InChI=1S/C14H24N4OS/c1-4-12-13(20-17-16-12)14(19)15-8-11(3)18-7-5-6-10(2)9-18/h10-11H,4-9H2,1-3H3,(H,15,19). The van der Waals surface area contributed by atoms with Crippen molar-refractivity contribution in [2.24, 2.45) is 5.92 Å². The molecular weight excluding hydrogens is 272 g/mol. The molecule has 1 fully saturated rings. The van der Waals surface area contributed by atoms with E-state index in [0.717, 1.165) is 31.1 Å². The first-order valence-electron chi connectivity index (χ1n) is 7.45. The third kappa shape index (κ3) is 3.76. The Hall–Kier alpha value is -1.01. The quantitative estimate of drug-likeness (QED) is 0.902. The highest BCUT2D eigenvalue weighted by Crippen LogP contribution is 2.17. The molecule has 112 valence electrons. The van der Waals surface area contributed by atoms with Crippen LogP contribution in [0.3, 0.4) is 0 Å². The van der Waals surface area contributed by atoms with Gasteiger partial charge in [-0.3, -0.25) is 9.69 Å². The van der Waals surface area contributed by atoms with Crippen molar-refractivity contribution >= 4 is 17.4 Å². The summed E-state index contributed by atoms with van der Waals surface area (Å²) in [6, 6.07) is 0.382. The number of nitrogens with zero attached hydrogens (tertiary/aromatic N) is 3. The zero-order valence-electron chi connectivity index (χ0n) is 12.6. The van der Waals surface area contributed by atoms with E-state index in [9.17, 15) is 4.79 Å². The fourth-order valence-corrected chi connectivity index (χ4v) is 3.35. The lowest BCUT2D eigenvalue weighted by atomic mass is 9.99. The van der Waals surface area contributed by atoms with Crippen LogP contribution in [0.2, 0.25) is 0 Å². The number of carbonyl (C=O) groups is 1. The molecule has 1 aromatic rings. The van der Waals surface area contributed by atoms with Gasteiger partial charge in [-0.15, -0.1) is 5.10 Å². The molecule has 0 bridgehead atoms. The fourth-order valence-electron chi connectivity index (χ4n) is 2.69. The number of hydrogen-bond donors (Lipinski definition) is 1. The van der Waals surface area contributed by atoms with E-state index in [4.69, 9.17) is 0 Å². The van der Waals surface area contributed by atoms with E-state index in [2.05, 4.69) is 33.7 Å². The van der Waals surface area contributed by atoms with Gasteiger partial charge < -0.3 is 5.32 Å². The van der Waals surface area contributed by atoms with Crippen molar-refractivity contribution in [3.63, 3.8) is 0 Å². The highest BCUT2D eigenvalue weighted by molar-refractivity contribution is 7.08. The minimum Gasteiger partial charge on any atom is -0.350 e. The molecule has 2 rings (SSSR count). The Kier molecular flexibility index (Phi) is 5.48. The van der Waals surface area contributed by atoms with E-state index < -0.39 is 0 Å². The van der Waals surface area contributed by atoms with Crippen LogP contribution < -0.4 is 5.32 Å². The Morgan fingerprint density at radius 1 is 1.60 bits per heavy atom.